The third-order valence-electron chi connectivity index (χ3n) is 1.72. The maximum absolute atomic E-state index is 10.6. The Bertz CT molecular complexity index is 477. The Morgan fingerprint density at radius 3 is 2.47 bits per heavy atom. The van der Waals surface area contributed by atoms with Crippen molar-refractivity contribution in [3.63, 3.8) is 0 Å². The summed E-state index contributed by atoms with van der Waals surface area (Å²) in [5.41, 5.74) is 6.72. The molecule has 92 valence electrons. The molecule has 1 aromatic carbocycles. The third-order valence-corrected chi connectivity index (χ3v) is 2.46. The Kier molecular flexibility index (Phi) is 4.45. The summed E-state index contributed by atoms with van der Waals surface area (Å²) >= 11 is 11.5. The summed E-state index contributed by atoms with van der Waals surface area (Å²) in [7, 11) is 0. The van der Waals surface area contributed by atoms with Crippen molar-refractivity contribution in [2.24, 2.45) is 11.6 Å². The number of carbonyl (C=O) groups is 1. The molecule has 6 nitrogen and oxygen atoms in total. The van der Waals surface area contributed by atoms with Crippen LogP contribution >= 0.6 is 23.2 Å². The molecular formula is C9H9Cl2N3O3. The Labute approximate surface area is 107 Å². The van der Waals surface area contributed by atoms with Crippen LogP contribution in [0, 0.1) is 0 Å². The standard InChI is InChI=1S/C9H9Cl2N3O3/c10-5-2-1-4(3-6(5)11)17-8(14-13)7(12)9(15)16/h1-3,14H,12-13H2,(H,15,16)/b8-7+. The molecule has 0 aliphatic rings. The second kappa shape index (κ2) is 5.62. The fourth-order valence-electron chi connectivity index (χ4n) is 0.918. The van der Waals surface area contributed by atoms with Gasteiger partial charge in [-0.25, -0.2) is 10.6 Å². The topological polar surface area (TPSA) is 111 Å². The molecule has 1 rings (SSSR count). The van der Waals surface area contributed by atoms with Gasteiger partial charge in [0, 0.05) is 6.07 Å². The van der Waals surface area contributed by atoms with Crippen molar-refractivity contribution in [2.45, 2.75) is 0 Å². The summed E-state index contributed by atoms with van der Waals surface area (Å²) in [5.74, 6) is 3.68. The first-order valence-corrected chi connectivity index (χ1v) is 5.04. The van der Waals surface area contributed by atoms with Crippen molar-refractivity contribution < 1.29 is 14.6 Å². The molecule has 0 radical (unpaired) electrons. The predicted octanol–water partition coefficient (Wildman–Crippen LogP) is 1.05. The third kappa shape index (κ3) is 3.42. The van der Waals surface area contributed by atoms with Gasteiger partial charge in [-0.1, -0.05) is 23.2 Å². The van der Waals surface area contributed by atoms with E-state index in [2.05, 4.69) is 0 Å². The lowest BCUT2D eigenvalue weighted by molar-refractivity contribution is -0.132. The van der Waals surface area contributed by atoms with Gasteiger partial charge in [0.2, 0.25) is 5.88 Å². The number of hydrazine groups is 1. The number of carboxylic acid groups (broad SMARTS) is 1. The van der Waals surface area contributed by atoms with Crippen molar-refractivity contribution >= 4 is 29.2 Å². The molecule has 0 atom stereocenters. The first kappa shape index (κ1) is 13.4. The second-order valence-corrected chi connectivity index (χ2v) is 3.68. The van der Waals surface area contributed by atoms with Crippen LogP contribution in [0.25, 0.3) is 0 Å². The highest BCUT2D eigenvalue weighted by atomic mass is 35.5. The summed E-state index contributed by atoms with van der Waals surface area (Å²) in [4.78, 5) is 10.6. The van der Waals surface area contributed by atoms with Gasteiger partial charge >= 0.3 is 5.97 Å². The zero-order valence-electron chi connectivity index (χ0n) is 8.41. The second-order valence-electron chi connectivity index (χ2n) is 2.87. The van der Waals surface area contributed by atoms with Crippen LogP contribution in [0.1, 0.15) is 0 Å². The Morgan fingerprint density at radius 2 is 2.00 bits per heavy atom. The fraction of sp³-hybridized carbons (Fsp3) is 0. The number of ether oxygens (including phenoxy) is 1. The highest BCUT2D eigenvalue weighted by Crippen LogP contribution is 2.27. The molecule has 0 saturated heterocycles. The normalized spacial score (nSPS) is 11.7. The highest BCUT2D eigenvalue weighted by molar-refractivity contribution is 6.42. The first-order chi connectivity index (χ1) is 7.95. The van der Waals surface area contributed by atoms with Gasteiger partial charge in [-0.2, -0.15) is 0 Å². The highest BCUT2D eigenvalue weighted by Gasteiger charge is 2.12. The summed E-state index contributed by atoms with van der Waals surface area (Å²) < 4.78 is 5.12. The quantitative estimate of drug-likeness (QED) is 0.283. The number of halogens is 2. The summed E-state index contributed by atoms with van der Waals surface area (Å²) in [6.45, 7) is 0. The van der Waals surface area contributed by atoms with Gasteiger partial charge in [-0.15, -0.1) is 0 Å². The number of carboxylic acids is 1. The van der Waals surface area contributed by atoms with Crippen LogP contribution in [-0.2, 0) is 4.79 Å². The van der Waals surface area contributed by atoms with E-state index < -0.39 is 11.7 Å². The Morgan fingerprint density at radius 1 is 1.35 bits per heavy atom. The van der Waals surface area contributed by atoms with Gasteiger partial charge in [0.1, 0.15) is 5.75 Å². The predicted molar refractivity (Wildman–Crippen MR) is 63.3 cm³/mol. The molecule has 0 heterocycles. The number of nitrogens with one attached hydrogen (secondary N) is 1. The van der Waals surface area contributed by atoms with Gasteiger partial charge in [0.05, 0.1) is 10.0 Å². The van der Waals surface area contributed by atoms with Crippen molar-refractivity contribution in [3.8, 4) is 5.75 Å². The first-order valence-electron chi connectivity index (χ1n) is 4.28. The van der Waals surface area contributed by atoms with Gasteiger partial charge in [-0.3, -0.25) is 5.43 Å². The molecule has 0 bridgehead atoms. The van der Waals surface area contributed by atoms with E-state index in [-0.39, 0.29) is 16.7 Å². The minimum atomic E-state index is -1.36. The monoisotopic (exact) mass is 277 g/mol. The zero-order chi connectivity index (χ0) is 13.0. The molecule has 0 amide bonds. The largest absolute Gasteiger partial charge is 0.476 e. The number of hydrogen-bond donors (Lipinski definition) is 4. The van der Waals surface area contributed by atoms with E-state index in [4.69, 9.17) is 44.6 Å². The Hall–Kier alpha value is -1.63. The maximum Gasteiger partial charge on any atom is 0.357 e. The van der Waals surface area contributed by atoms with Gasteiger partial charge in [0.15, 0.2) is 5.70 Å². The summed E-state index contributed by atoms with van der Waals surface area (Å²) in [6.07, 6.45) is 0. The molecule has 0 spiro atoms. The van der Waals surface area contributed by atoms with Gasteiger partial charge < -0.3 is 15.6 Å². The number of nitrogens with two attached hydrogens (primary N) is 2. The number of hydrogen-bond acceptors (Lipinski definition) is 5. The molecule has 0 aliphatic heterocycles. The number of aliphatic carboxylic acids is 1. The van der Waals surface area contributed by atoms with E-state index in [1.807, 2.05) is 5.43 Å². The van der Waals surface area contributed by atoms with Gasteiger partial charge in [-0.05, 0) is 12.1 Å². The van der Waals surface area contributed by atoms with Crippen molar-refractivity contribution in [2.75, 3.05) is 0 Å². The van der Waals surface area contributed by atoms with Crippen LogP contribution in [0.15, 0.2) is 29.8 Å². The lowest BCUT2D eigenvalue weighted by Crippen LogP contribution is -2.31. The van der Waals surface area contributed by atoms with E-state index in [0.717, 1.165) is 0 Å². The van der Waals surface area contributed by atoms with E-state index in [0.29, 0.717) is 5.02 Å². The minimum Gasteiger partial charge on any atom is -0.476 e. The molecule has 0 aliphatic carbocycles. The maximum atomic E-state index is 10.6. The lowest BCUT2D eigenvalue weighted by Gasteiger charge is -2.11. The minimum absolute atomic E-state index is 0.247. The summed E-state index contributed by atoms with van der Waals surface area (Å²) in [5, 5.41) is 9.26. The summed E-state index contributed by atoms with van der Waals surface area (Å²) in [6, 6.07) is 4.38. The molecule has 0 fully saturated rings. The Balaban J connectivity index is 3.00. The van der Waals surface area contributed by atoms with E-state index in [9.17, 15) is 4.79 Å². The average molecular weight is 278 g/mol. The zero-order valence-corrected chi connectivity index (χ0v) is 9.92. The van der Waals surface area contributed by atoms with E-state index in [1.165, 1.54) is 18.2 Å². The lowest BCUT2D eigenvalue weighted by atomic mass is 10.3. The molecule has 0 aromatic heterocycles. The number of rotatable bonds is 4. The van der Waals surface area contributed by atoms with Crippen LogP contribution < -0.4 is 21.7 Å². The van der Waals surface area contributed by atoms with Gasteiger partial charge in [0.25, 0.3) is 0 Å². The van der Waals surface area contributed by atoms with Crippen LogP contribution in [0.3, 0.4) is 0 Å². The van der Waals surface area contributed by atoms with Crippen LogP contribution in [-0.4, -0.2) is 11.1 Å². The van der Waals surface area contributed by atoms with Crippen LogP contribution in [0.5, 0.6) is 5.75 Å². The van der Waals surface area contributed by atoms with Crippen molar-refractivity contribution in [1.82, 2.24) is 5.43 Å². The molecule has 1 aromatic rings. The van der Waals surface area contributed by atoms with E-state index >= 15 is 0 Å². The molecule has 17 heavy (non-hydrogen) atoms. The van der Waals surface area contributed by atoms with E-state index in [1.54, 1.807) is 0 Å². The molecule has 6 N–H and O–H groups in total. The molecule has 0 saturated carbocycles. The average Bonchev–Trinajstić information content (AvgIpc) is 2.29. The molecular weight excluding hydrogens is 269 g/mol. The van der Waals surface area contributed by atoms with Crippen molar-refractivity contribution in [1.29, 1.82) is 0 Å². The SMILES string of the molecule is NN/C(Oc1ccc(Cl)c(Cl)c1)=C(\N)C(=O)O. The smallest absolute Gasteiger partial charge is 0.357 e. The van der Waals surface area contributed by atoms with Crippen molar-refractivity contribution in [3.05, 3.63) is 39.8 Å². The number of benzene rings is 1. The van der Waals surface area contributed by atoms with Crippen LogP contribution in [0.2, 0.25) is 10.0 Å². The molecule has 8 heteroatoms. The fourth-order valence-corrected chi connectivity index (χ4v) is 1.21. The molecule has 0 unspecified atom stereocenters. The van der Waals surface area contributed by atoms with Crippen LogP contribution in [0.4, 0.5) is 0 Å².